The largest absolute Gasteiger partial charge is 0.358 e. The Bertz CT molecular complexity index is 1130. The van der Waals surface area contributed by atoms with Crippen molar-refractivity contribution in [2.45, 2.75) is 39.3 Å². The van der Waals surface area contributed by atoms with Gasteiger partial charge in [0, 0.05) is 38.8 Å². The molecule has 176 valence electrons. The van der Waals surface area contributed by atoms with Crippen LogP contribution in [0.15, 0.2) is 60.7 Å². The van der Waals surface area contributed by atoms with Gasteiger partial charge in [0.15, 0.2) is 5.11 Å². The third-order valence-electron chi connectivity index (χ3n) is 6.66. The van der Waals surface area contributed by atoms with E-state index in [2.05, 4.69) is 69.8 Å². The molecular weight excluding hydrogens is 440 g/mol. The minimum atomic E-state index is 0.531. The number of nitrogens with one attached hydrogen (secondary N) is 2. The highest BCUT2D eigenvalue weighted by molar-refractivity contribution is 7.80. The Kier molecular flexibility index (Phi) is 6.90. The van der Waals surface area contributed by atoms with Crippen LogP contribution in [0.2, 0.25) is 0 Å². The molecule has 3 heterocycles. The number of hydrogen-bond acceptors (Lipinski definition) is 5. The molecule has 1 saturated heterocycles. The first-order chi connectivity index (χ1) is 16.6. The summed E-state index contributed by atoms with van der Waals surface area (Å²) in [6.07, 6.45) is 3.49. The molecule has 0 bridgehead atoms. The Labute approximate surface area is 207 Å². The van der Waals surface area contributed by atoms with Crippen molar-refractivity contribution in [1.29, 1.82) is 0 Å². The predicted molar refractivity (Wildman–Crippen MR) is 143 cm³/mol. The molecule has 1 fully saturated rings. The molecule has 1 unspecified atom stereocenters. The molecule has 34 heavy (non-hydrogen) atoms. The quantitative estimate of drug-likeness (QED) is 0.519. The number of thiocarbonyl (C=S) groups is 1. The normalized spacial score (nSPS) is 17.7. The summed E-state index contributed by atoms with van der Waals surface area (Å²) in [6, 6.07) is 21.1. The van der Waals surface area contributed by atoms with E-state index in [1.165, 1.54) is 29.5 Å². The van der Waals surface area contributed by atoms with E-state index in [9.17, 15) is 0 Å². The van der Waals surface area contributed by atoms with Crippen molar-refractivity contribution in [3.63, 3.8) is 0 Å². The molecule has 0 amide bonds. The molecule has 0 radical (unpaired) electrons. The lowest BCUT2D eigenvalue weighted by Gasteiger charge is -2.34. The summed E-state index contributed by atoms with van der Waals surface area (Å²) in [6.45, 7) is 6.83. The maximum absolute atomic E-state index is 5.58. The van der Waals surface area contributed by atoms with Crippen LogP contribution in [0.5, 0.6) is 0 Å². The van der Waals surface area contributed by atoms with Gasteiger partial charge in [0.25, 0.3) is 0 Å². The van der Waals surface area contributed by atoms with E-state index < -0.39 is 0 Å². The van der Waals surface area contributed by atoms with Gasteiger partial charge in [-0.25, -0.2) is 0 Å². The van der Waals surface area contributed by atoms with E-state index in [4.69, 9.17) is 22.2 Å². The summed E-state index contributed by atoms with van der Waals surface area (Å²) >= 11 is 5.58. The number of piperidine rings is 1. The number of aromatic nitrogens is 2. The summed E-state index contributed by atoms with van der Waals surface area (Å²) in [5.74, 6) is 3.14. The van der Waals surface area contributed by atoms with Gasteiger partial charge in [-0.05, 0) is 54.1 Å². The Morgan fingerprint density at radius 3 is 2.50 bits per heavy atom. The van der Waals surface area contributed by atoms with E-state index in [1.54, 1.807) is 0 Å². The molecular formula is C27H32N6S. The van der Waals surface area contributed by atoms with Crippen molar-refractivity contribution in [1.82, 2.24) is 15.3 Å². The van der Waals surface area contributed by atoms with Gasteiger partial charge in [0.2, 0.25) is 5.95 Å². The Morgan fingerprint density at radius 1 is 0.971 bits per heavy atom. The third kappa shape index (κ3) is 5.47. The molecule has 0 aliphatic carbocycles. The van der Waals surface area contributed by atoms with Gasteiger partial charge in [0.1, 0.15) is 11.6 Å². The highest BCUT2D eigenvalue weighted by Gasteiger charge is 2.23. The zero-order valence-electron chi connectivity index (χ0n) is 19.7. The van der Waals surface area contributed by atoms with E-state index in [0.29, 0.717) is 23.5 Å². The van der Waals surface area contributed by atoms with Crippen molar-refractivity contribution >= 4 is 34.9 Å². The van der Waals surface area contributed by atoms with Gasteiger partial charge < -0.3 is 20.4 Å². The summed E-state index contributed by atoms with van der Waals surface area (Å²) in [5.41, 5.74) is 3.98. The fourth-order valence-electron chi connectivity index (χ4n) is 4.81. The third-order valence-corrected chi connectivity index (χ3v) is 6.90. The second kappa shape index (κ2) is 10.4. The molecule has 3 aromatic rings. The maximum Gasteiger partial charge on any atom is 0.232 e. The predicted octanol–water partition coefficient (Wildman–Crippen LogP) is 4.76. The van der Waals surface area contributed by atoms with Crippen molar-refractivity contribution in [3.05, 3.63) is 77.4 Å². The van der Waals surface area contributed by atoms with Crippen LogP contribution in [0.1, 0.15) is 36.5 Å². The number of benzene rings is 2. The number of rotatable bonds is 5. The van der Waals surface area contributed by atoms with Gasteiger partial charge in [-0.1, -0.05) is 61.5 Å². The van der Waals surface area contributed by atoms with Crippen LogP contribution in [0.3, 0.4) is 0 Å². The lowest BCUT2D eigenvalue weighted by atomic mass is 10.00. The summed E-state index contributed by atoms with van der Waals surface area (Å²) in [4.78, 5) is 14.5. The molecule has 0 spiro atoms. The highest BCUT2D eigenvalue weighted by Crippen LogP contribution is 2.29. The molecule has 1 aromatic heterocycles. The summed E-state index contributed by atoms with van der Waals surface area (Å²) in [7, 11) is 0. The van der Waals surface area contributed by atoms with Gasteiger partial charge in [-0.15, -0.1) is 0 Å². The van der Waals surface area contributed by atoms with Crippen molar-refractivity contribution in [2.75, 3.05) is 34.8 Å². The summed E-state index contributed by atoms with van der Waals surface area (Å²) in [5, 5.41) is 7.06. The first-order valence-corrected chi connectivity index (χ1v) is 12.6. The van der Waals surface area contributed by atoms with E-state index in [0.717, 1.165) is 44.2 Å². The van der Waals surface area contributed by atoms with Crippen LogP contribution >= 0.6 is 12.2 Å². The molecule has 6 nitrogen and oxygen atoms in total. The van der Waals surface area contributed by atoms with Crippen LogP contribution < -0.4 is 20.4 Å². The van der Waals surface area contributed by atoms with E-state index >= 15 is 0 Å². The first-order valence-electron chi connectivity index (χ1n) is 12.2. The lowest BCUT2D eigenvalue weighted by Crippen LogP contribution is -2.36. The van der Waals surface area contributed by atoms with Crippen LogP contribution in [-0.4, -0.2) is 34.7 Å². The first kappa shape index (κ1) is 22.6. The highest BCUT2D eigenvalue weighted by atomic mass is 32.1. The fraction of sp³-hybridized carbons (Fsp3) is 0.370. The smallest absolute Gasteiger partial charge is 0.232 e. The van der Waals surface area contributed by atoms with Crippen molar-refractivity contribution in [2.24, 2.45) is 5.92 Å². The number of fused-ring (bicyclic) bond motifs is 1. The minimum Gasteiger partial charge on any atom is -0.358 e. The average molecular weight is 473 g/mol. The van der Waals surface area contributed by atoms with Crippen molar-refractivity contribution < 1.29 is 0 Å². The molecule has 0 saturated carbocycles. The zero-order valence-corrected chi connectivity index (χ0v) is 20.5. The molecule has 2 aliphatic rings. The van der Waals surface area contributed by atoms with Crippen LogP contribution in [0, 0.1) is 5.92 Å². The monoisotopic (exact) mass is 472 g/mol. The minimum absolute atomic E-state index is 0.531. The Balaban J connectivity index is 1.37. The van der Waals surface area contributed by atoms with E-state index in [-0.39, 0.29) is 0 Å². The van der Waals surface area contributed by atoms with Crippen molar-refractivity contribution in [3.8, 4) is 0 Å². The van der Waals surface area contributed by atoms with Crippen LogP contribution in [-0.2, 0) is 19.5 Å². The molecule has 2 aromatic carbocycles. The molecule has 5 rings (SSSR count). The molecule has 7 heteroatoms. The maximum atomic E-state index is 5.58. The van der Waals surface area contributed by atoms with Crippen LogP contribution in [0.25, 0.3) is 0 Å². The molecule has 2 N–H and O–H groups in total. The standard InChI is InChI=1S/C27H32N6S/c1-20-8-7-14-32(18-20)24-16-25(33-15-13-22-11-5-6-12-23(22)19-33)30-26(29-24)31-27(34)28-17-21-9-3-2-4-10-21/h2-6,9-12,16,20H,7-8,13-15,17-19H2,1H3,(H2,28,29,30,31,34). The number of hydrogen-bond donors (Lipinski definition) is 2. The number of anilines is 3. The van der Waals surface area contributed by atoms with Crippen LogP contribution in [0.4, 0.5) is 17.6 Å². The van der Waals surface area contributed by atoms with E-state index in [1.807, 2.05) is 18.2 Å². The zero-order chi connectivity index (χ0) is 23.3. The Hall–Kier alpha value is -3.19. The average Bonchev–Trinajstić information content (AvgIpc) is 2.87. The second-order valence-corrected chi connectivity index (χ2v) is 9.74. The summed E-state index contributed by atoms with van der Waals surface area (Å²) < 4.78 is 0. The molecule has 2 aliphatic heterocycles. The molecule has 1 atom stereocenters. The topological polar surface area (TPSA) is 56.3 Å². The second-order valence-electron chi connectivity index (χ2n) is 9.33. The SMILES string of the molecule is CC1CCCN(c2cc(N3CCc4ccccc4C3)nc(NC(=S)NCc3ccccc3)n2)C1. The Morgan fingerprint density at radius 2 is 1.71 bits per heavy atom. The van der Waals surface area contributed by atoms with Gasteiger partial charge in [-0.2, -0.15) is 9.97 Å². The fourth-order valence-corrected chi connectivity index (χ4v) is 4.98. The lowest BCUT2D eigenvalue weighted by molar-refractivity contribution is 0.444. The van der Waals surface area contributed by atoms with Gasteiger partial charge >= 0.3 is 0 Å². The van der Waals surface area contributed by atoms with Gasteiger partial charge in [0.05, 0.1) is 0 Å². The number of nitrogens with zero attached hydrogens (tertiary/aromatic N) is 4. The van der Waals surface area contributed by atoms with Gasteiger partial charge in [-0.3, -0.25) is 0 Å².